The van der Waals surface area contributed by atoms with Crippen molar-refractivity contribution in [3.8, 4) is 0 Å². The number of likely N-dealkylation sites (tertiary alicyclic amines) is 2. The van der Waals surface area contributed by atoms with Gasteiger partial charge >= 0.3 is 0 Å². The summed E-state index contributed by atoms with van der Waals surface area (Å²) < 4.78 is 0. The van der Waals surface area contributed by atoms with Gasteiger partial charge in [0.2, 0.25) is 0 Å². The Morgan fingerprint density at radius 2 is 2.14 bits per heavy atom. The van der Waals surface area contributed by atoms with Crippen LogP contribution in [0, 0.1) is 12.8 Å². The average molecular weight is 308 g/mol. The summed E-state index contributed by atoms with van der Waals surface area (Å²) in [6.45, 7) is 8.08. The Morgan fingerprint density at radius 3 is 2.81 bits per heavy atom. The Labute approximate surface area is 133 Å². The number of fused-ring (bicyclic) bond motifs is 1. The monoisotopic (exact) mass is 307 g/mol. The largest absolute Gasteiger partial charge is 0.326 e. The maximum Gasteiger partial charge on any atom is 0.0593 e. The van der Waals surface area contributed by atoms with Crippen LogP contribution >= 0.6 is 11.3 Å². The zero-order valence-electron chi connectivity index (χ0n) is 13.6. The molecule has 3 nitrogen and oxygen atoms in total. The molecule has 3 heterocycles. The quantitative estimate of drug-likeness (QED) is 0.932. The van der Waals surface area contributed by atoms with Crippen molar-refractivity contribution in [3.63, 3.8) is 0 Å². The third kappa shape index (κ3) is 3.04. The van der Waals surface area contributed by atoms with Gasteiger partial charge in [0, 0.05) is 30.1 Å². The van der Waals surface area contributed by atoms with E-state index in [1.54, 1.807) is 0 Å². The first-order valence-corrected chi connectivity index (χ1v) is 9.19. The highest BCUT2D eigenvalue weighted by Gasteiger charge is 2.38. The minimum absolute atomic E-state index is 0.195. The SMILES string of the molecule is Cc1ccsc1C(C(C)N)N1CCC2C(CCCN2C)C1. The van der Waals surface area contributed by atoms with E-state index < -0.39 is 0 Å². The molecule has 2 aliphatic heterocycles. The molecule has 1 aromatic heterocycles. The maximum atomic E-state index is 6.38. The van der Waals surface area contributed by atoms with Crippen molar-refractivity contribution in [3.05, 3.63) is 21.9 Å². The fraction of sp³-hybridized carbons (Fsp3) is 0.765. The highest BCUT2D eigenvalue weighted by Crippen LogP contribution is 2.37. The van der Waals surface area contributed by atoms with Crippen LogP contribution in [0.25, 0.3) is 0 Å². The smallest absolute Gasteiger partial charge is 0.0593 e. The Balaban J connectivity index is 1.77. The molecular formula is C17H29N3S. The van der Waals surface area contributed by atoms with E-state index in [9.17, 15) is 0 Å². The summed E-state index contributed by atoms with van der Waals surface area (Å²) in [5.74, 6) is 0.832. The van der Waals surface area contributed by atoms with Gasteiger partial charge in [0.15, 0.2) is 0 Å². The molecule has 0 aliphatic carbocycles. The Bertz CT molecular complexity index is 470. The fourth-order valence-electron chi connectivity index (χ4n) is 4.36. The van der Waals surface area contributed by atoms with Crippen LogP contribution in [0.15, 0.2) is 11.4 Å². The minimum atomic E-state index is 0.195. The third-order valence-electron chi connectivity index (χ3n) is 5.44. The molecular weight excluding hydrogens is 278 g/mol. The van der Waals surface area contributed by atoms with Gasteiger partial charge in [0.05, 0.1) is 6.04 Å². The van der Waals surface area contributed by atoms with Gasteiger partial charge in [-0.1, -0.05) is 0 Å². The molecule has 0 bridgehead atoms. The molecule has 0 amide bonds. The van der Waals surface area contributed by atoms with Gasteiger partial charge < -0.3 is 10.6 Å². The molecule has 3 rings (SSSR count). The van der Waals surface area contributed by atoms with Crippen LogP contribution in [0.1, 0.15) is 42.7 Å². The van der Waals surface area contributed by atoms with Crippen molar-refractivity contribution in [1.29, 1.82) is 0 Å². The van der Waals surface area contributed by atoms with E-state index in [4.69, 9.17) is 5.73 Å². The van der Waals surface area contributed by atoms with Crippen molar-refractivity contribution >= 4 is 11.3 Å². The molecule has 2 fully saturated rings. The van der Waals surface area contributed by atoms with Crippen molar-refractivity contribution in [2.75, 3.05) is 26.7 Å². The lowest BCUT2D eigenvalue weighted by molar-refractivity contribution is 0.0160. The van der Waals surface area contributed by atoms with Crippen molar-refractivity contribution < 1.29 is 0 Å². The molecule has 4 unspecified atom stereocenters. The molecule has 4 heteroatoms. The molecule has 0 spiro atoms. The van der Waals surface area contributed by atoms with E-state index in [0.717, 1.165) is 12.0 Å². The summed E-state index contributed by atoms with van der Waals surface area (Å²) in [5.41, 5.74) is 7.79. The number of hydrogen-bond donors (Lipinski definition) is 1. The second-order valence-electron chi connectivity index (χ2n) is 7.01. The van der Waals surface area contributed by atoms with E-state index in [1.807, 2.05) is 11.3 Å². The van der Waals surface area contributed by atoms with Crippen LogP contribution in [0.2, 0.25) is 0 Å². The topological polar surface area (TPSA) is 32.5 Å². The van der Waals surface area contributed by atoms with Crippen LogP contribution in [0.4, 0.5) is 0 Å². The van der Waals surface area contributed by atoms with Gasteiger partial charge in [-0.15, -0.1) is 11.3 Å². The molecule has 2 saturated heterocycles. The number of thiophene rings is 1. The number of nitrogens with two attached hydrogens (primary N) is 1. The van der Waals surface area contributed by atoms with Crippen LogP contribution in [-0.4, -0.2) is 48.6 Å². The normalized spacial score (nSPS) is 30.9. The lowest BCUT2D eigenvalue weighted by Crippen LogP contribution is -2.54. The standard InChI is InChI=1S/C17H29N3S/c1-12-7-10-21-17(12)16(13(2)18)20-9-6-15-14(11-20)5-4-8-19(15)3/h7,10,13-16H,4-6,8-9,11,18H2,1-3H3. The van der Waals surface area contributed by atoms with E-state index in [0.29, 0.717) is 6.04 Å². The predicted molar refractivity (Wildman–Crippen MR) is 90.8 cm³/mol. The van der Waals surface area contributed by atoms with Gasteiger partial charge in [-0.25, -0.2) is 0 Å². The number of piperidine rings is 2. The molecule has 2 aliphatic rings. The summed E-state index contributed by atoms with van der Waals surface area (Å²) in [7, 11) is 2.30. The van der Waals surface area contributed by atoms with Crippen LogP contribution in [0.3, 0.4) is 0 Å². The van der Waals surface area contributed by atoms with Crippen LogP contribution < -0.4 is 5.73 Å². The molecule has 1 aromatic rings. The number of rotatable bonds is 3. The molecule has 118 valence electrons. The van der Waals surface area contributed by atoms with Crippen molar-refractivity contribution in [2.24, 2.45) is 11.7 Å². The molecule has 0 saturated carbocycles. The lowest BCUT2D eigenvalue weighted by atomic mass is 9.83. The van der Waals surface area contributed by atoms with Gasteiger partial charge in [-0.2, -0.15) is 0 Å². The molecule has 4 atom stereocenters. The first-order chi connectivity index (χ1) is 10.1. The van der Waals surface area contributed by atoms with E-state index in [1.165, 1.54) is 49.3 Å². The first-order valence-electron chi connectivity index (χ1n) is 8.31. The Morgan fingerprint density at radius 1 is 1.33 bits per heavy atom. The average Bonchev–Trinajstić information content (AvgIpc) is 2.85. The van der Waals surface area contributed by atoms with Gasteiger partial charge in [0.25, 0.3) is 0 Å². The molecule has 2 N–H and O–H groups in total. The summed E-state index contributed by atoms with van der Waals surface area (Å²) >= 11 is 1.88. The zero-order valence-corrected chi connectivity index (χ0v) is 14.4. The minimum Gasteiger partial charge on any atom is -0.326 e. The molecule has 0 aromatic carbocycles. The zero-order chi connectivity index (χ0) is 15.0. The van der Waals surface area contributed by atoms with E-state index in [-0.39, 0.29) is 6.04 Å². The van der Waals surface area contributed by atoms with Crippen molar-refractivity contribution in [2.45, 2.75) is 51.2 Å². The highest BCUT2D eigenvalue weighted by molar-refractivity contribution is 7.10. The van der Waals surface area contributed by atoms with Gasteiger partial charge in [-0.05, 0) is 69.6 Å². The summed E-state index contributed by atoms with van der Waals surface area (Å²) in [5, 5.41) is 2.21. The fourth-order valence-corrected chi connectivity index (χ4v) is 5.53. The van der Waals surface area contributed by atoms with Crippen molar-refractivity contribution in [1.82, 2.24) is 9.80 Å². The Hall–Kier alpha value is -0.420. The highest BCUT2D eigenvalue weighted by atomic mass is 32.1. The third-order valence-corrected chi connectivity index (χ3v) is 6.53. The predicted octanol–water partition coefficient (Wildman–Crippen LogP) is 2.86. The first kappa shape index (κ1) is 15.5. The molecule has 0 radical (unpaired) electrons. The van der Waals surface area contributed by atoms with E-state index in [2.05, 4.69) is 42.1 Å². The summed E-state index contributed by atoms with van der Waals surface area (Å²) in [4.78, 5) is 6.74. The summed E-state index contributed by atoms with van der Waals surface area (Å²) in [6, 6.07) is 3.63. The van der Waals surface area contributed by atoms with Gasteiger partial charge in [-0.3, -0.25) is 4.90 Å². The second kappa shape index (κ2) is 6.37. The Kier molecular flexibility index (Phi) is 4.69. The number of nitrogens with zero attached hydrogens (tertiary/aromatic N) is 2. The van der Waals surface area contributed by atoms with Crippen LogP contribution in [-0.2, 0) is 0 Å². The lowest BCUT2D eigenvalue weighted by Gasteiger charge is -2.48. The van der Waals surface area contributed by atoms with E-state index >= 15 is 0 Å². The summed E-state index contributed by atoms with van der Waals surface area (Å²) in [6.07, 6.45) is 4.04. The molecule has 21 heavy (non-hydrogen) atoms. The number of hydrogen-bond acceptors (Lipinski definition) is 4. The van der Waals surface area contributed by atoms with Crippen LogP contribution in [0.5, 0.6) is 0 Å². The van der Waals surface area contributed by atoms with Gasteiger partial charge in [0.1, 0.15) is 0 Å². The number of aryl methyl sites for hydroxylation is 1. The maximum absolute atomic E-state index is 6.38. The second-order valence-corrected chi connectivity index (χ2v) is 7.95.